The molecule has 0 radical (unpaired) electrons. The first-order valence-electron chi connectivity index (χ1n) is 7.78. The molecule has 25 heavy (non-hydrogen) atoms. The van der Waals surface area contributed by atoms with E-state index in [1.807, 2.05) is 6.92 Å². The van der Waals surface area contributed by atoms with Gasteiger partial charge in [0, 0.05) is 10.6 Å². The van der Waals surface area contributed by atoms with E-state index in [-0.39, 0.29) is 0 Å². The zero-order valence-corrected chi connectivity index (χ0v) is 14.4. The van der Waals surface area contributed by atoms with Gasteiger partial charge in [0.25, 0.3) is 0 Å². The smallest absolute Gasteiger partial charge is 0.416 e. The number of anilines is 1. The number of hydrogen-bond acceptors (Lipinski definition) is 4. The molecule has 2 aromatic carbocycles. The zero-order valence-electron chi connectivity index (χ0n) is 13.6. The van der Waals surface area contributed by atoms with Crippen molar-refractivity contribution in [2.24, 2.45) is 0 Å². The summed E-state index contributed by atoms with van der Waals surface area (Å²) in [4.78, 5) is 12.8. The minimum Gasteiger partial charge on any atom is -0.462 e. The maximum Gasteiger partial charge on any atom is 0.416 e. The van der Waals surface area contributed by atoms with Crippen molar-refractivity contribution in [2.45, 2.75) is 30.8 Å². The number of nitrogens with one attached hydrogen (secondary N) is 1. The normalized spacial score (nSPS) is 11.2. The van der Waals surface area contributed by atoms with Crippen LogP contribution in [0, 0.1) is 0 Å². The molecule has 0 spiro atoms. The van der Waals surface area contributed by atoms with Gasteiger partial charge >= 0.3 is 12.1 Å². The highest BCUT2D eigenvalue weighted by molar-refractivity contribution is 8.00. The Morgan fingerprint density at radius 2 is 1.80 bits per heavy atom. The molecule has 2 aromatic rings. The summed E-state index contributed by atoms with van der Waals surface area (Å²) in [5.41, 5.74) is 0.220. The first-order valence-corrected chi connectivity index (χ1v) is 8.59. The van der Waals surface area contributed by atoms with Crippen LogP contribution in [0.5, 0.6) is 0 Å². The predicted octanol–water partition coefficient (Wildman–Crippen LogP) is 5.78. The molecule has 1 N–H and O–H groups in total. The summed E-state index contributed by atoms with van der Waals surface area (Å²) < 4.78 is 45.8. The molecule has 0 heterocycles. The highest BCUT2D eigenvalue weighted by atomic mass is 32.2. The van der Waals surface area contributed by atoms with Gasteiger partial charge in [-0.1, -0.05) is 25.5 Å². The number of unbranched alkanes of at least 4 members (excludes halogenated alkanes) is 1. The molecule has 0 atom stereocenters. The molecular formula is C18H18F3NO2S. The van der Waals surface area contributed by atoms with Crippen LogP contribution in [-0.2, 0) is 10.9 Å². The lowest BCUT2D eigenvalue weighted by atomic mass is 10.2. The van der Waals surface area contributed by atoms with Crippen LogP contribution in [0.3, 0.4) is 0 Å². The van der Waals surface area contributed by atoms with Crippen LogP contribution < -0.4 is 4.72 Å². The summed E-state index contributed by atoms with van der Waals surface area (Å²) in [7, 11) is 0. The molecule has 0 aromatic heterocycles. The van der Waals surface area contributed by atoms with E-state index in [0.717, 1.165) is 36.9 Å². The molecule has 2 rings (SSSR count). The van der Waals surface area contributed by atoms with Crippen LogP contribution in [-0.4, -0.2) is 12.6 Å². The zero-order chi connectivity index (χ0) is 18.3. The lowest BCUT2D eigenvalue weighted by Crippen LogP contribution is -2.08. The van der Waals surface area contributed by atoms with Crippen molar-refractivity contribution < 1.29 is 22.7 Å². The number of carbonyl (C=O) groups excluding carboxylic acids is 1. The highest BCUT2D eigenvalue weighted by Gasteiger charge is 2.29. The number of carbonyl (C=O) groups is 1. The van der Waals surface area contributed by atoms with Crippen molar-refractivity contribution in [2.75, 3.05) is 11.3 Å². The van der Waals surface area contributed by atoms with Crippen molar-refractivity contribution in [1.29, 1.82) is 0 Å². The Bertz CT molecular complexity index is 702. The Kier molecular flexibility index (Phi) is 6.75. The Morgan fingerprint density at radius 3 is 2.44 bits per heavy atom. The van der Waals surface area contributed by atoms with Gasteiger partial charge in [0.15, 0.2) is 0 Å². The molecule has 3 nitrogen and oxygen atoms in total. The number of alkyl halides is 3. The third kappa shape index (κ3) is 5.70. The van der Waals surface area contributed by atoms with Gasteiger partial charge in [-0.05, 0) is 54.8 Å². The van der Waals surface area contributed by atoms with Crippen LogP contribution in [0.15, 0.2) is 53.4 Å². The van der Waals surface area contributed by atoms with Crippen molar-refractivity contribution >= 4 is 23.6 Å². The van der Waals surface area contributed by atoms with Crippen LogP contribution in [0.25, 0.3) is 0 Å². The van der Waals surface area contributed by atoms with Gasteiger partial charge < -0.3 is 9.46 Å². The maximum atomic E-state index is 12.6. The number of rotatable bonds is 7. The monoisotopic (exact) mass is 369 g/mol. The van der Waals surface area contributed by atoms with Crippen molar-refractivity contribution in [3.05, 3.63) is 59.7 Å². The maximum absolute atomic E-state index is 12.6. The molecule has 0 aliphatic carbocycles. The Hall–Kier alpha value is -2.15. The fourth-order valence-corrected chi connectivity index (χ4v) is 2.72. The average Bonchev–Trinajstić information content (AvgIpc) is 2.60. The molecule has 7 heteroatoms. The number of esters is 1. The second-order valence-corrected chi connectivity index (χ2v) is 6.11. The first-order chi connectivity index (χ1) is 11.9. The highest BCUT2D eigenvalue weighted by Crippen LogP contribution is 2.31. The second-order valence-electron chi connectivity index (χ2n) is 5.26. The largest absolute Gasteiger partial charge is 0.462 e. The summed E-state index contributed by atoms with van der Waals surface area (Å²) in [6, 6.07) is 11.6. The van der Waals surface area contributed by atoms with E-state index in [2.05, 4.69) is 4.72 Å². The summed E-state index contributed by atoms with van der Waals surface area (Å²) >= 11 is 1.15. The predicted molar refractivity (Wildman–Crippen MR) is 92.6 cm³/mol. The van der Waals surface area contributed by atoms with E-state index in [9.17, 15) is 18.0 Å². The van der Waals surface area contributed by atoms with Crippen LogP contribution in [0.1, 0.15) is 35.7 Å². The SMILES string of the molecule is CCCCOC(=O)c1ccccc1SNc1ccc(C(F)(F)F)cc1. The number of hydrogen-bond donors (Lipinski definition) is 1. The molecule has 0 bridgehead atoms. The minimum absolute atomic E-state index is 0.362. The van der Waals surface area contributed by atoms with Gasteiger partial charge in [-0.3, -0.25) is 0 Å². The lowest BCUT2D eigenvalue weighted by Gasteiger charge is -2.11. The topological polar surface area (TPSA) is 38.3 Å². The number of halogens is 3. The lowest BCUT2D eigenvalue weighted by molar-refractivity contribution is -0.137. The van der Waals surface area contributed by atoms with E-state index >= 15 is 0 Å². The number of benzene rings is 2. The van der Waals surface area contributed by atoms with Crippen LogP contribution >= 0.6 is 11.9 Å². The molecular weight excluding hydrogens is 351 g/mol. The van der Waals surface area contributed by atoms with Gasteiger partial charge in [0.1, 0.15) is 0 Å². The van der Waals surface area contributed by atoms with E-state index in [4.69, 9.17) is 4.74 Å². The van der Waals surface area contributed by atoms with E-state index in [1.165, 1.54) is 12.1 Å². The summed E-state index contributed by atoms with van der Waals surface area (Å²) in [6.45, 7) is 2.37. The molecule has 0 amide bonds. The Labute approximate surface area is 148 Å². The summed E-state index contributed by atoms with van der Waals surface area (Å²) in [5.74, 6) is -0.411. The molecule has 0 saturated carbocycles. The van der Waals surface area contributed by atoms with E-state index in [1.54, 1.807) is 24.3 Å². The van der Waals surface area contributed by atoms with Gasteiger partial charge in [-0.25, -0.2) is 4.79 Å². The van der Waals surface area contributed by atoms with E-state index in [0.29, 0.717) is 22.8 Å². The standard InChI is InChI=1S/C18H18F3NO2S/c1-2-3-12-24-17(23)15-6-4-5-7-16(15)25-22-14-10-8-13(9-11-14)18(19,20)21/h4-11,22H,2-3,12H2,1H3. The van der Waals surface area contributed by atoms with Crippen molar-refractivity contribution in [3.63, 3.8) is 0 Å². The van der Waals surface area contributed by atoms with Crippen LogP contribution in [0.2, 0.25) is 0 Å². The molecule has 0 fully saturated rings. The van der Waals surface area contributed by atoms with Gasteiger partial charge in [-0.15, -0.1) is 0 Å². The molecule has 0 aliphatic rings. The van der Waals surface area contributed by atoms with E-state index < -0.39 is 17.7 Å². The summed E-state index contributed by atoms with van der Waals surface area (Å²) in [5, 5.41) is 0. The Balaban J connectivity index is 2.02. The van der Waals surface area contributed by atoms with Gasteiger partial charge in [0.2, 0.25) is 0 Å². The Morgan fingerprint density at radius 1 is 1.12 bits per heavy atom. The molecule has 134 valence electrons. The first kappa shape index (κ1) is 19.2. The van der Waals surface area contributed by atoms with Gasteiger partial charge in [0.05, 0.1) is 17.7 Å². The number of ether oxygens (including phenoxy) is 1. The fourth-order valence-electron chi connectivity index (χ4n) is 1.95. The molecule has 0 unspecified atom stereocenters. The average molecular weight is 369 g/mol. The second kappa shape index (κ2) is 8.80. The molecule has 0 aliphatic heterocycles. The van der Waals surface area contributed by atoms with Crippen molar-refractivity contribution in [1.82, 2.24) is 0 Å². The third-order valence-corrected chi connectivity index (χ3v) is 4.24. The third-order valence-electron chi connectivity index (χ3n) is 3.33. The fraction of sp³-hybridized carbons (Fsp3) is 0.278. The van der Waals surface area contributed by atoms with Crippen molar-refractivity contribution in [3.8, 4) is 0 Å². The quantitative estimate of drug-likeness (QED) is 0.381. The summed E-state index contributed by atoms with van der Waals surface area (Å²) in [6.07, 6.45) is -2.63. The minimum atomic E-state index is -4.36. The van der Waals surface area contributed by atoms with Gasteiger partial charge in [-0.2, -0.15) is 13.2 Å². The molecule has 0 saturated heterocycles. The van der Waals surface area contributed by atoms with Crippen LogP contribution in [0.4, 0.5) is 18.9 Å².